The van der Waals surface area contributed by atoms with Gasteiger partial charge in [-0.1, -0.05) is 73.3 Å². The number of ether oxygens (including phenoxy) is 1. The van der Waals surface area contributed by atoms with Gasteiger partial charge in [0.15, 0.2) is 0 Å². The second-order valence-electron chi connectivity index (χ2n) is 9.76. The fourth-order valence-corrected chi connectivity index (χ4v) is 5.61. The van der Waals surface area contributed by atoms with Crippen molar-refractivity contribution in [1.29, 1.82) is 0 Å². The van der Waals surface area contributed by atoms with Crippen molar-refractivity contribution in [2.24, 2.45) is 0 Å². The van der Waals surface area contributed by atoms with Gasteiger partial charge in [-0.2, -0.15) is 0 Å². The van der Waals surface area contributed by atoms with Crippen LogP contribution in [0.3, 0.4) is 0 Å². The summed E-state index contributed by atoms with van der Waals surface area (Å²) in [6.45, 7) is 4.66. The highest BCUT2D eigenvalue weighted by atomic mass is 35.5. The number of halogens is 1. The van der Waals surface area contributed by atoms with E-state index in [4.69, 9.17) is 16.3 Å². The molecule has 0 N–H and O–H groups in total. The van der Waals surface area contributed by atoms with Crippen LogP contribution in [0.4, 0.5) is 5.69 Å². The van der Waals surface area contributed by atoms with Gasteiger partial charge >= 0.3 is 0 Å². The van der Waals surface area contributed by atoms with Crippen molar-refractivity contribution in [3.8, 4) is 5.75 Å². The zero-order valence-corrected chi connectivity index (χ0v) is 20.7. The van der Waals surface area contributed by atoms with Crippen LogP contribution in [0.5, 0.6) is 5.75 Å². The molecule has 0 spiro atoms. The summed E-state index contributed by atoms with van der Waals surface area (Å²) in [4.78, 5) is 5.10. The van der Waals surface area contributed by atoms with Gasteiger partial charge in [-0.05, 0) is 66.3 Å². The number of benzene rings is 3. The third kappa shape index (κ3) is 5.95. The average molecular weight is 475 g/mol. The SMILES string of the molecule is Clc1ccc(OCC2CN(Cc3ccccc3)CCN2c2ccc(C3CCCCC3)cc2)cc1. The summed E-state index contributed by atoms with van der Waals surface area (Å²) < 4.78 is 6.24. The topological polar surface area (TPSA) is 15.7 Å². The molecule has 4 heteroatoms. The highest BCUT2D eigenvalue weighted by molar-refractivity contribution is 6.30. The lowest BCUT2D eigenvalue weighted by Crippen LogP contribution is -2.55. The molecule has 0 amide bonds. The summed E-state index contributed by atoms with van der Waals surface area (Å²) in [7, 11) is 0. The molecule has 34 heavy (non-hydrogen) atoms. The summed E-state index contributed by atoms with van der Waals surface area (Å²) in [6, 6.07) is 28.2. The van der Waals surface area contributed by atoms with Crippen LogP contribution in [0.1, 0.15) is 49.1 Å². The minimum atomic E-state index is 0.286. The molecule has 2 aliphatic rings. The predicted octanol–water partition coefficient (Wildman–Crippen LogP) is 7.16. The molecule has 0 aromatic heterocycles. The highest BCUT2D eigenvalue weighted by Gasteiger charge is 2.28. The van der Waals surface area contributed by atoms with E-state index < -0.39 is 0 Å². The highest BCUT2D eigenvalue weighted by Crippen LogP contribution is 2.34. The van der Waals surface area contributed by atoms with E-state index in [0.29, 0.717) is 6.61 Å². The molecule has 3 nitrogen and oxygen atoms in total. The predicted molar refractivity (Wildman–Crippen MR) is 142 cm³/mol. The molecule has 1 aliphatic heterocycles. The standard InChI is InChI=1S/C30H35ClN2O/c31-27-13-17-30(18-14-27)34-23-29-22-32(21-24-7-3-1-4-8-24)19-20-33(29)28-15-11-26(12-16-28)25-9-5-2-6-10-25/h1,3-4,7-8,11-18,25,29H,2,5-6,9-10,19-23H2. The first kappa shape index (κ1) is 23.3. The maximum Gasteiger partial charge on any atom is 0.119 e. The zero-order chi connectivity index (χ0) is 23.2. The lowest BCUT2D eigenvalue weighted by molar-refractivity contribution is 0.174. The number of anilines is 1. The van der Waals surface area contributed by atoms with Gasteiger partial charge in [0.25, 0.3) is 0 Å². The molecule has 1 aliphatic carbocycles. The first-order chi connectivity index (χ1) is 16.7. The van der Waals surface area contributed by atoms with Gasteiger partial charge in [-0.25, -0.2) is 0 Å². The lowest BCUT2D eigenvalue weighted by atomic mass is 9.84. The number of hydrogen-bond donors (Lipinski definition) is 0. The Bertz CT molecular complexity index is 1020. The maximum atomic E-state index is 6.24. The summed E-state index contributed by atoms with van der Waals surface area (Å²) >= 11 is 6.06. The van der Waals surface area contributed by atoms with Crippen LogP contribution in [0, 0.1) is 0 Å². The Hall–Kier alpha value is -2.49. The van der Waals surface area contributed by atoms with Gasteiger partial charge in [-0.3, -0.25) is 4.90 Å². The third-order valence-corrected chi connectivity index (χ3v) is 7.63. The molecule has 178 valence electrons. The van der Waals surface area contributed by atoms with Gasteiger partial charge < -0.3 is 9.64 Å². The quantitative estimate of drug-likeness (QED) is 0.361. The Morgan fingerprint density at radius 1 is 0.794 bits per heavy atom. The summed E-state index contributed by atoms with van der Waals surface area (Å²) in [5.74, 6) is 1.62. The molecular formula is C30H35ClN2O. The number of hydrogen-bond acceptors (Lipinski definition) is 3. The van der Waals surface area contributed by atoms with E-state index in [2.05, 4.69) is 64.4 Å². The Balaban J connectivity index is 1.29. The van der Waals surface area contributed by atoms with Crippen LogP contribution >= 0.6 is 11.6 Å². The van der Waals surface area contributed by atoms with Gasteiger partial charge in [0.2, 0.25) is 0 Å². The molecule has 0 bridgehead atoms. The van der Waals surface area contributed by atoms with Crippen LogP contribution in [-0.4, -0.2) is 37.2 Å². The molecular weight excluding hydrogens is 440 g/mol. The summed E-state index contributed by atoms with van der Waals surface area (Å²) in [5.41, 5.74) is 4.19. The van der Waals surface area contributed by atoms with E-state index in [1.54, 1.807) is 0 Å². The fraction of sp³-hybridized carbons (Fsp3) is 0.400. The Labute approximate surface area is 209 Å². The van der Waals surface area contributed by atoms with Crippen LogP contribution in [0.2, 0.25) is 5.02 Å². The first-order valence-electron chi connectivity index (χ1n) is 12.8. The molecule has 1 atom stereocenters. The van der Waals surface area contributed by atoms with Crippen LogP contribution < -0.4 is 9.64 Å². The van der Waals surface area contributed by atoms with E-state index in [1.807, 2.05) is 24.3 Å². The summed E-state index contributed by atoms with van der Waals surface area (Å²) in [6.07, 6.45) is 6.83. The monoisotopic (exact) mass is 474 g/mol. The number of piperazine rings is 1. The van der Waals surface area contributed by atoms with Gasteiger partial charge in [0, 0.05) is 36.9 Å². The normalized spacial score (nSPS) is 19.8. The third-order valence-electron chi connectivity index (χ3n) is 7.37. The molecule has 5 rings (SSSR count). The van der Waals surface area contributed by atoms with Crippen molar-refractivity contribution in [1.82, 2.24) is 4.90 Å². The van der Waals surface area contributed by atoms with Crippen LogP contribution in [0.25, 0.3) is 0 Å². The Kier molecular flexibility index (Phi) is 7.72. The van der Waals surface area contributed by atoms with Gasteiger partial charge in [0.05, 0.1) is 6.04 Å². The molecule has 2 fully saturated rings. The van der Waals surface area contributed by atoms with Gasteiger partial charge in [-0.15, -0.1) is 0 Å². The lowest BCUT2D eigenvalue weighted by Gasteiger charge is -2.42. The van der Waals surface area contributed by atoms with E-state index in [-0.39, 0.29) is 6.04 Å². The maximum absolute atomic E-state index is 6.24. The zero-order valence-electron chi connectivity index (χ0n) is 19.9. The molecule has 0 radical (unpaired) electrons. The number of rotatable bonds is 7. The minimum Gasteiger partial charge on any atom is -0.491 e. The molecule has 1 saturated carbocycles. The summed E-state index contributed by atoms with van der Waals surface area (Å²) in [5, 5.41) is 0.735. The van der Waals surface area contributed by atoms with Crippen LogP contribution in [-0.2, 0) is 6.54 Å². The molecule has 3 aromatic carbocycles. The van der Waals surface area contributed by atoms with Crippen molar-refractivity contribution in [2.75, 3.05) is 31.1 Å². The van der Waals surface area contributed by atoms with Gasteiger partial charge in [0.1, 0.15) is 12.4 Å². The second-order valence-corrected chi connectivity index (χ2v) is 10.2. The minimum absolute atomic E-state index is 0.286. The fourth-order valence-electron chi connectivity index (χ4n) is 5.48. The molecule has 1 heterocycles. The van der Waals surface area contributed by atoms with Crippen molar-refractivity contribution in [3.05, 3.63) is 95.0 Å². The Morgan fingerprint density at radius 3 is 2.26 bits per heavy atom. The van der Waals surface area contributed by atoms with Crippen molar-refractivity contribution in [3.63, 3.8) is 0 Å². The molecule has 3 aromatic rings. The Morgan fingerprint density at radius 2 is 1.53 bits per heavy atom. The van der Waals surface area contributed by atoms with E-state index in [1.165, 1.54) is 48.9 Å². The number of nitrogens with zero attached hydrogens (tertiary/aromatic N) is 2. The molecule has 1 saturated heterocycles. The first-order valence-corrected chi connectivity index (χ1v) is 13.1. The average Bonchev–Trinajstić information content (AvgIpc) is 2.90. The van der Waals surface area contributed by atoms with Crippen molar-refractivity contribution in [2.45, 2.75) is 50.6 Å². The van der Waals surface area contributed by atoms with Crippen LogP contribution in [0.15, 0.2) is 78.9 Å². The second kappa shape index (κ2) is 11.3. The van der Waals surface area contributed by atoms with E-state index in [9.17, 15) is 0 Å². The van der Waals surface area contributed by atoms with E-state index >= 15 is 0 Å². The molecule has 1 unspecified atom stereocenters. The smallest absolute Gasteiger partial charge is 0.119 e. The van der Waals surface area contributed by atoms with Crippen molar-refractivity contribution >= 4 is 17.3 Å². The largest absolute Gasteiger partial charge is 0.491 e. The van der Waals surface area contributed by atoms with Crippen molar-refractivity contribution < 1.29 is 4.74 Å². The van der Waals surface area contributed by atoms with E-state index in [0.717, 1.165) is 42.9 Å².